The summed E-state index contributed by atoms with van der Waals surface area (Å²) in [6, 6.07) is 10.6. The molecule has 0 saturated carbocycles. The molecule has 0 aliphatic carbocycles. The van der Waals surface area contributed by atoms with Gasteiger partial charge in [0.05, 0.1) is 6.04 Å². The third kappa shape index (κ3) is 2.27. The molecule has 0 N–H and O–H groups in total. The van der Waals surface area contributed by atoms with Gasteiger partial charge in [0, 0.05) is 18.5 Å². The van der Waals surface area contributed by atoms with Crippen LogP contribution < -0.4 is 0 Å². The van der Waals surface area contributed by atoms with Crippen LogP contribution in [0.1, 0.15) is 45.7 Å². The summed E-state index contributed by atoms with van der Waals surface area (Å²) < 4.78 is 0. The number of hydrogen-bond acceptors (Lipinski definition) is 2. The highest BCUT2D eigenvalue weighted by Gasteiger charge is 2.46. The maximum Gasteiger partial charge on any atom is 0.243 e. The fourth-order valence-corrected chi connectivity index (χ4v) is 3.00. The lowest BCUT2D eigenvalue weighted by atomic mass is 9.86. The highest BCUT2D eigenvalue weighted by atomic mass is 16.2. The van der Waals surface area contributed by atoms with Crippen LogP contribution in [0.15, 0.2) is 30.3 Å². The van der Waals surface area contributed by atoms with Crippen molar-refractivity contribution >= 4 is 5.91 Å². The molecule has 2 heterocycles. The lowest BCUT2D eigenvalue weighted by Crippen LogP contribution is -2.54. The first-order valence-corrected chi connectivity index (χ1v) is 6.73. The molecule has 3 nitrogen and oxygen atoms in total. The third-order valence-corrected chi connectivity index (χ3v) is 4.23. The van der Waals surface area contributed by atoms with E-state index in [1.807, 2.05) is 11.1 Å². The van der Waals surface area contributed by atoms with E-state index in [1.165, 1.54) is 5.56 Å². The molecule has 3 heteroatoms. The van der Waals surface area contributed by atoms with Crippen molar-refractivity contribution in [3.63, 3.8) is 0 Å². The lowest BCUT2D eigenvalue weighted by molar-refractivity contribution is -0.167. The van der Waals surface area contributed by atoms with Crippen LogP contribution >= 0.6 is 0 Å². The fourth-order valence-electron chi connectivity index (χ4n) is 3.00. The SMILES string of the molecule is C.CC1(C)CCN2CCC(c3ccccc3)N2C1=O. The topological polar surface area (TPSA) is 23.6 Å². The lowest BCUT2D eigenvalue weighted by Gasteiger charge is -2.43. The van der Waals surface area contributed by atoms with Gasteiger partial charge in [-0.2, -0.15) is 0 Å². The van der Waals surface area contributed by atoms with E-state index in [-0.39, 0.29) is 24.8 Å². The number of hydrazine groups is 1. The van der Waals surface area contributed by atoms with Crippen molar-refractivity contribution < 1.29 is 4.79 Å². The Balaban J connectivity index is 0.00000133. The van der Waals surface area contributed by atoms with Crippen LogP contribution in [0.3, 0.4) is 0 Å². The molecule has 2 aliphatic rings. The minimum absolute atomic E-state index is 0. The van der Waals surface area contributed by atoms with Crippen molar-refractivity contribution in [2.24, 2.45) is 5.41 Å². The molecule has 1 amide bonds. The van der Waals surface area contributed by atoms with Gasteiger partial charge in [0.1, 0.15) is 0 Å². The predicted molar refractivity (Wildman–Crippen MR) is 77.3 cm³/mol. The molecule has 2 saturated heterocycles. The second kappa shape index (κ2) is 4.97. The molecule has 0 bridgehead atoms. The van der Waals surface area contributed by atoms with Crippen molar-refractivity contribution in [2.75, 3.05) is 13.1 Å². The Bertz CT molecular complexity index is 455. The second-order valence-electron chi connectivity index (χ2n) is 5.95. The monoisotopic (exact) mass is 260 g/mol. The molecular weight excluding hydrogens is 236 g/mol. The zero-order valence-electron chi connectivity index (χ0n) is 11.1. The van der Waals surface area contributed by atoms with Gasteiger partial charge >= 0.3 is 0 Å². The van der Waals surface area contributed by atoms with Gasteiger partial charge in [-0.15, -0.1) is 0 Å². The zero-order chi connectivity index (χ0) is 12.8. The van der Waals surface area contributed by atoms with Gasteiger partial charge in [0.25, 0.3) is 0 Å². The highest BCUT2D eigenvalue weighted by molar-refractivity contribution is 5.83. The fraction of sp³-hybridized carbons (Fsp3) is 0.562. The maximum absolute atomic E-state index is 12.6. The Morgan fingerprint density at radius 2 is 1.84 bits per heavy atom. The van der Waals surface area contributed by atoms with E-state index in [2.05, 4.69) is 43.1 Å². The number of carbonyl (C=O) groups excluding carboxylic acids is 1. The summed E-state index contributed by atoms with van der Waals surface area (Å²) in [5.41, 5.74) is 1.04. The summed E-state index contributed by atoms with van der Waals surface area (Å²) >= 11 is 0. The zero-order valence-corrected chi connectivity index (χ0v) is 11.1. The molecule has 2 aliphatic heterocycles. The molecule has 19 heavy (non-hydrogen) atoms. The first-order chi connectivity index (χ1) is 8.59. The van der Waals surface area contributed by atoms with Gasteiger partial charge in [-0.3, -0.25) is 9.80 Å². The van der Waals surface area contributed by atoms with E-state index >= 15 is 0 Å². The number of fused-ring (bicyclic) bond motifs is 1. The molecule has 104 valence electrons. The summed E-state index contributed by atoms with van der Waals surface area (Å²) in [5, 5.41) is 4.24. The van der Waals surface area contributed by atoms with Crippen LogP contribution in [0.2, 0.25) is 0 Å². The molecule has 1 atom stereocenters. The molecule has 0 radical (unpaired) electrons. The van der Waals surface area contributed by atoms with Crippen LogP contribution in [0, 0.1) is 5.41 Å². The second-order valence-corrected chi connectivity index (χ2v) is 5.95. The summed E-state index contributed by atoms with van der Waals surface area (Å²) in [4.78, 5) is 12.6. The predicted octanol–water partition coefficient (Wildman–Crippen LogP) is 3.24. The van der Waals surface area contributed by atoms with E-state index in [0.717, 1.165) is 25.9 Å². The van der Waals surface area contributed by atoms with E-state index in [4.69, 9.17) is 0 Å². The number of carbonyl (C=O) groups is 1. The summed E-state index contributed by atoms with van der Waals surface area (Å²) in [5.74, 6) is 0.278. The smallest absolute Gasteiger partial charge is 0.243 e. The number of hydrogen-bond donors (Lipinski definition) is 0. The van der Waals surface area contributed by atoms with Gasteiger partial charge in [-0.05, 0) is 18.4 Å². The van der Waals surface area contributed by atoms with Crippen LogP contribution in [0.25, 0.3) is 0 Å². The Labute approximate surface area is 116 Å². The quantitative estimate of drug-likeness (QED) is 0.774. The Morgan fingerprint density at radius 1 is 1.16 bits per heavy atom. The van der Waals surface area contributed by atoms with E-state index in [9.17, 15) is 4.79 Å². The van der Waals surface area contributed by atoms with Gasteiger partial charge in [-0.1, -0.05) is 51.6 Å². The molecule has 1 aromatic rings. The third-order valence-electron chi connectivity index (χ3n) is 4.23. The van der Waals surface area contributed by atoms with Gasteiger partial charge < -0.3 is 0 Å². The van der Waals surface area contributed by atoms with Crippen molar-refractivity contribution in [1.29, 1.82) is 0 Å². The molecule has 0 spiro atoms. The van der Waals surface area contributed by atoms with E-state index in [0.29, 0.717) is 0 Å². The first-order valence-electron chi connectivity index (χ1n) is 6.73. The largest absolute Gasteiger partial charge is 0.273 e. The van der Waals surface area contributed by atoms with Gasteiger partial charge in [-0.25, -0.2) is 5.01 Å². The number of rotatable bonds is 1. The standard InChI is InChI=1S/C15H20N2O.CH4/c1-15(2)9-11-16-10-8-13(17(16)14(15)18)12-6-4-3-5-7-12;/h3-7,13H,8-11H2,1-2H3;1H4. The maximum atomic E-state index is 12.6. The van der Waals surface area contributed by atoms with Crippen molar-refractivity contribution in [3.05, 3.63) is 35.9 Å². The minimum atomic E-state index is -0.214. The van der Waals surface area contributed by atoms with E-state index in [1.54, 1.807) is 0 Å². The summed E-state index contributed by atoms with van der Waals surface area (Å²) in [6.07, 6.45) is 2.01. The van der Waals surface area contributed by atoms with Crippen LogP contribution in [-0.4, -0.2) is 29.0 Å². The van der Waals surface area contributed by atoms with Gasteiger partial charge in [0.15, 0.2) is 0 Å². The summed E-state index contributed by atoms with van der Waals surface area (Å²) in [7, 11) is 0. The van der Waals surface area contributed by atoms with Gasteiger partial charge in [0.2, 0.25) is 5.91 Å². The normalized spacial score (nSPS) is 25.9. The average Bonchev–Trinajstić information content (AvgIpc) is 2.80. The Kier molecular flexibility index (Phi) is 3.68. The minimum Gasteiger partial charge on any atom is -0.273 e. The van der Waals surface area contributed by atoms with Crippen LogP contribution in [-0.2, 0) is 4.79 Å². The molecule has 2 fully saturated rings. The highest BCUT2D eigenvalue weighted by Crippen LogP contribution is 2.40. The van der Waals surface area contributed by atoms with Crippen molar-refractivity contribution in [2.45, 2.75) is 40.2 Å². The number of nitrogens with zero attached hydrogens (tertiary/aromatic N) is 2. The van der Waals surface area contributed by atoms with Crippen molar-refractivity contribution in [1.82, 2.24) is 10.0 Å². The molecular formula is C16H24N2O. The first kappa shape index (κ1) is 14.1. The van der Waals surface area contributed by atoms with Crippen molar-refractivity contribution in [3.8, 4) is 0 Å². The van der Waals surface area contributed by atoms with E-state index < -0.39 is 0 Å². The Morgan fingerprint density at radius 3 is 2.53 bits per heavy atom. The number of amides is 1. The molecule has 0 aromatic heterocycles. The molecule has 3 rings (SSSR count). The molecule has 1 aromatic carbocycles. The molecule has 1 unspecified atom stereocenters. The van der Waals surface area contributed by atoms with Crippen LogP contribution in [0.5, 0.6) is 0 Å². The summed E-state index contributed by atoms with van der Waals surface area (Å²) in [6.45, 7) is 6.13. The number of benzene rings is 1. The average molecular weight is 260 g/mol. The Hall–Kier alpha value is -1.35. The van der Waals surface area contributed by atoms with Crippen LogP contribution in [0.4, 0.5) is 0 Å².